The van der Waals surface area contributed by atoms with E-state index in [1.807, 2.05) is 0 Å². The van der Waals surface area contributed by atoms with E-state index in [4.69, 9.17) is 0 Å². The highest BCUT2D eigenvalue weighted by molar-refractivity contribution is 4.66. The SMILES string of the molecule is CCCCCCCCCCCC(C)[n+]1ccn(CCC)c1. The quantitative estimate of drug-likeness (QED) is 0.327. The summed E-state index contributed by atoms with van der Waals surface area (Å²) >= 11 is 0. The van der Waals surface area contributed by atoms with Crippen molar-refractivity contribution in [1.29, 1.82) is 0 Å². The first-order valence-electron chi connectivity index (χ1n) is 9.34. The Kier molecular flexibility index (Phi) is 10.3. The van der Waals surface area contributed by atoms with Gasteiger partial charge in [-0.3, -0.25) is 0 Å². The molecule has 0 N–H and O–H groups in total. The molecule has 122 valence electrons. The molecular formula is C19H37N2+. The van der Waals surface area contributed by atoms with Crippen LogP contribution in [0.3, 0.4) is 0 Å². The number of hydrogen-bond acceptors (Lipinski definition) is 0. The Balaban J connectivity index is 2.01. The summed E-state index contributed by atoms with van der Waals surface area (Å²) in [7, 11) is 0. The summed E-state index contributed by atoms with van der Waals surface area (Å²) in [5.41, 5.74) is 0. The molecule has 1 atom stereocenters. The number of unbranched alkanes of at least 4 members (excludes halogenated alkanes) is 8. The van der Waals surface area contributed by atoms with Crippen molar-refractivity contribution in [3.8, 4) is 0 Å². The van der Waals surface area contributed by atoms with Crippen LogP contribution in [0.4, 0.5) is 0 Å². The van der Waals surface area contributed by atoms with Crippen molar-refractivity contribution < 1.29 is 4.57 Å². The Bertz CT molecular complexity index is 343. The highest BCUT2D eigenvalue weighted by Gasteiger charge is 2.10. The molecule has 0 aliphatic rings. The van der Waals surface area contributed by atoms with Gasteiger partial charge >= 0.3 is 0 Å². The maximum atomic E-state index is 2.38. The van der Waals surface area contributed by atoms with Gasteiger partial charge in [0.2, 0.25) is 6.33 Å². The topological polar surface area (TPSA) is 8.81 Å². The van der Waals surface area contributed by atoms with Gasteiger partial charge in [-0.2, -0.15) is 0 Å². The van der Waals surface area contributed by atoms with Crippen LogP contribution in [-0.2, 0) is 6.54 Å². The summed E-state index contributed by atoms with van der Waals surface area (Å²) in [6.07, 6.45) is 22.0. The maximum Gasteiger partial charge on any atom is 0.243 e. The lowest BCUT2D eigenvalue weighted by Crippen LogP contribution is -2.35. The Hall–Kier alpha value is -0.790. The van der Waals surface area contributed by atoms with Crippen LogP contribution in [-0.4, -0.2) is 4.57 Å². The Morgan fingerprint density at radius 2 is 1.48 bits per heavy atom. The number of aryl methyl sites for hydroxylation is 1. The molecule has 0 radical (unpaired) electrons. The second-order valence-electron chi connectivity index (χ2n) is 6.56. The van der Waals surface area contributed by atoms with E-state index >= 15 is 0 Å². The zero-order valence-electron chi connectivity index (χ0n) is 14.7. The first-order valence-corrected chi connectivity index (χ1v) is 9.34. The van der Waals surface area contributed by atoms with E-state index in [0.29, 0.717) is 6.04 Å². The van der Waals surface area contributed by atoms with Gasteiger partial charge in [-0.15, -0.1) is 0 Å². The second kappa shape index (κ2) is 11.8. The van der Waals surface area contributed by atoms with E-state index in [-0.39, 0.29) is 0 Å². The summed E-state index contributed by atoms with van der Waals surface area (Å²) in [5.74, 6) is 0. The number of aromatic nitrogens is 2. The average molecular weight is 294 g/mol. The van der Waals surface area contributed by atoms with Gasteiger partial charge in [0.05, 0.1) is 12.6 Å². The maximum absolute atomic E-state index is 2.38. The van der Waals surface area contributed by atoms with Gasteiger partial charge in [-0.05, 0) is 26.2 Å². The zero-order chi connectivity index (χ0) is 15.3. The van der Waals surface area contributed by atoms with Crippen molar-refractivity contribution in [2.75, 3.05) is 0 Å². The molecule has 1 aromatic heterocycles. The largest absolute Gasteiger partial charge is 0.243 e. The molecule has 1 aromatic rings. The summed E-state index contributed by atoms with van der Waals surface area (Å²) in [6.45, 7) is 8.00. The van der Waals surface area contributed by atoms with Crippen molar-refractivity contribution in [3.05, 3.63) is 18.7 Å². The summed E-state index contributed by atoms with van der Waals surface area (Å²) in [5, 5.41) is 0. The predicted octanol–water partition coefficient (Wildman–Crippen LogP) is 5.67. The van der Waals surface area contributed by atoms with Gasteiger partial charge in [-0.1, -0.05) is 65.2 Å². The van der Waals surface area contributed by atoms with E-state index in [1.165, 1.54) is 70.6 Å². The number of imidazole rings is 1. The normalized spacial score (nSPS) is 12.7. The lowest BCUT2D eigenvalue weighted by atomic mass is 10.0. The van der Waals surface area contributed by atoms with E-state index in [2.05, 4.69) is 48.6 Å². The summed E-state index contributed by atoms with van der Waals surface area (Å²) in [4.78, 5) is 0. The fraction of sp³-hybridized carbons (Fsp3) is 0.842. The molecule has 0 spiro atoms. The smallest absolute Gasteiger partial charge is 0.237 e. The number of rotatable bonds is 13. The Morgan fingerprint density at radius 1 is 0.857 bits per heavy atom. The Labute approximate surface area is 132 Å². The molecule has 0 fully saturated rings. The van der Waals surface area contributed by atoms with Crippen molar-refractivity contribution in [2.24, 2.45) is 0 Å². The van der Waals surface area contributed by atoms with Crippen LogP contribution < -0.4 is 4.57 Å². The van der Waals surface area contributed by atoms with E-state index in [0.717, 1.165) is 6.54 Å². The van der Waals surface area contributed by atoms with Gasteiger partial charge in [0.15, 0.2) is 0 Å². The monoisotopic (exact) mass is 293 g/mol. The first-order chi connectivity index (χ1) is 10.3. The molecule has 1 unspecified atom stereocenters. The van der Waals surface area contributed by atoms with Gasteiger partial charge in [0.1, 0.15) is 12.4 Å². The minimum Gasteiger partial charge on any atom is -0.237 e. The zero-order valence-corrected chi connectivity index (χ0v) is 14.7. The molecule has 21 heavy (non-hydrogen) atoms. The molecule has 0 aliphatic carbocycles. The molecule has 0 aromatic carbocycles. The molecular weight excluding hydrogens is 256 g/mol. The van der Waals surface area contributed by atoms with Crippen LogP contribution in [0.5, 0.6) is 0 Å². The minimum absolute atomic E-state index is 0.646. The van der Waals surface area contributed by atoms with Crippen LogP contribution in [0.25, 0.3) is 0 Å². The van der Waals surface area contributed by atoms with Crippen molar-refractivity contribution in [3.63, 3.8) is 0 Å². The second-order valence-corrected chi connectivity index (χ2v) is 6.56. The molecule has 1 rings (SSSR count). The van der Waals surface area contributed by atoms with Gasteiger partial charge in [-0.25, -0.2) is 9.13 Å². The van der Waals surface area contributed by atoms with Crippen LogP contribution in [0.2, 0.25) is 0 Å². The third-order valence-electron chi connectivity index (χ3n) is 4.43. The average Bonchev–Trinajstić information content (AvgIpc) is 2.94. The van der Waals surface area contributed by atoms with Crippen LogP contribution in [0.1, 0.15) is 97.4 Å². The van der Waals surface area contributed by atoms with Crippen LogP contribution >= 0.6 is 0 Å². The molecule has 0 saturated heterocycles. The fourth-order valence-corrected chi connectivity index (χ4v) is 2.96. The lowest BCUT2D eigenvalue weighted by molar-refractivity contribution is -0.720. The summed E-state index contributed by atoms with van der Waals surface area (Å²) < 4.78 is 4.67. The number of hydrogen-bond donors (Lipinski definition) is 0. The molecule has 0 amide bonds. The van der Waals surface area contributed by atoms with Crippen molar-refractivity contribution in [2.45, 2.75) is 104 Å². The summed E-state index contributed by atoms with van der Waals surface area (Å²) in [6, 6.07) is 0.646. The third-order valence-corrected chi connectivity index (χ3v) is 4.43. The lowest BCUT2D eigenvalue weighted by Gasteiger charge is -2.07. The van der Waals surface area contributed by atoms with E-state index in [1.54, 1.807) is 0 Å². The van der Waals surface area contributed by atoms with Gasteiger partial charge < -0.3 is 0 Å². The Morgan fingerprint density at radius 3 is 2.10 bits per heavy atom. The number of nitrogens with zero attached hydrogens (tertiary/aromatic N) is 2. The standard InChI is InChI=1S/C19H37N2/c1-4-6-7-8-9-10-11-12-13-14-19(3)21-17-16-20(18-21)15-5-2/h16-19H,4-15H2,1-3H3/q+1. The van der Waals surface area contributed by atoms with Crippen LogP contribution in [0, 0.1) is 0 Å². The first kappa shape index (κ1) is 18.3. The van der Waals surface area contributed by atoms with Gasteiger partial charge in [0, 0.05) is 0 Å². The highest BCUT2D eigenvalue weighted by Crippen LogP contribution is 2.13. The molecule has 0 bridgehead atoms. The molecule has 2 nitrogen and oxygen atoms in total. The minimum atomic E-state index is 0.646. The van der Waals surface area contributed by atoms with E-state index in [9.17, 15) is 0 Å². The van der Waals surface area contributed by atoms with Gasteiger partial charge in [0.25, 0.3) is 0 Å². The van der Waals surface area contributed by atoms with Crippen molar-refractivity contribution >= 4 is 0 Å². The molecule has 0 saturated carbocycles. The highest BCUT2D eigenvalue weighted by atomic mass is 15.1. The van der Waals surface area contributed by atoms with Crippen LogP contribution in [0.15, 0.2) is 18.7 Å². The fourth-order valence-electron chi connectivity index (χ4n) is 2.96. The third kappa shape index (κ3) is 8.28. The van der Waals surface area contributed by atoms with E-state index < -0.39 is 0 Å². The predicted molar refractivity (Wildman–Crippen MR) is 91.5 cm³/mol. The van der Waals surface area contributed by atoms with Crippen molar-refractivity contribution in [1.82, 2.24) is 4.57 Å². The molecule has 2 heteroatoms. The molecule has 0 aliphatic heterocycles. The molecule has 1 heterocycles.